The number of ketones is 1. The fourth-order valence-corrected chi connectivity index (χ4v) is 7.95. The van der Waals surface area contributed by atoms with Crippen LogP contribution >= 0.6 is 0 Å². The number of ether oxygens (including phenoxy) is 1. The molecular weight excluding hydrogens is 352 g/mol. The van der Waals surface area contributed by atoms with Gasteiger partial charge in [0.1, 0.15) is 6.61 Å². The van der Waals surface area contributed by atoms with Crippen molar-refractivity contribution >= 4 is 11.8 Å². The zero-order chi connectivity index (χ0) is 20.3. The first-order valence-corrected chi connectivity index (χ1v) is 11.2. The highest BCUT2D eigenvalue weighted by Crippen LogP contribution is 2.67. The van der Waals surface area contributed by atoms with Gasteiger partial charge in [0, 0.05) is 12.8 Å². The molecule has 1 N–H and O–H groups in total. The zero-order valence-corrected chi connectivity index (χ0v) is 17.9. The normalized spacial score (nSPS) is 47.4. The van der Waals surface area contributed by atoms with Gasteiger partial charge in [0.2, 0.25) is 0 Å². The average Bonchev–Trinajstić information content (AvgIpc) is 2.90. The van der Waals surface area contributed by atoms with Gasteiger partial charge in [-0.15, -0.1) is 0 Å². The summed E-state index contributed by atoms with van der Waals surface area (Å²) in [5, 5.41) is 10.2. The number of carbonyl (C=O) groups is 2. The molecule has 0 radical (unpaired) electrons. The smallest absolute Gasteiger partial charge is 0.303 e. The Bertz CT molecular complexity index is 697. The van der Waals surface area contributed by atoms with E-state index in [1.54, 1.807) is 0 Å². The number of aliphatic hydroxyl groups is 1. The molecule has 28 heavy (non-hydrogen) atoms. The van der Waals surface area contributed by atoms with E-state index in [-0.39, 0.29) is 41.2 Å². The van der Waals surface area contributed by atoms with Crippen LogP contribution in [0.5, 0.6) is 0 Å². The van der Waals surface area contributed by atoms with E-state index in [4.69, 9.17) is 4.74 Å². The Kier molecular flexibility index (Phi) is 5.01. The number of aliphatic hydroxyl groups excluding tert-OH is 1. The Morgan fingerprint density at radius 3 is 2.68 bits per heavy atom. The largest absolute Gasteiger partial charge is 0.458 e. The summed E-state index contributed by atoms with van der Waals surface area (Å²) in [4.78, 5) is 24.2. The van der Waals surface area contributed by atoms with E-state index in [1.807, 2.05) is 0 Å². The fraction of sp³-hybridized carbons (Fsp3) is 0.833. The number of fused-ring (bicyclic) bond motifs is 5. The first-order chi connectivity index (χ1) is 13.2. The van der Waals surface area contributed by atoms with Gasteiger partial charge in [0.15, 0.2) is 5.78 Å². The van der Waals surface area contributed by atoms with Crippen LogP contribution in [-0.4, -0.2) is 29.6 Å². The molecule has 0 aromatic rings. The summed E-state index contributed by atoms with van der Waals surface area (Å²) >= 11 is 0. The molecule has 0 unspecified atom stereocenters. The molecule has 156 valence electrons. The fourth-order valence-electron chi connectivity index (χ4n) is 7.95. The predicted octanol–water partition coefficient (Wildman–Crippen LogP) is 4.30. The monoisotopic (exact) mass is 388 g/mol. The van der Waals surface area contributed by atoms with Crippen LogP contribution in [0.1, 0.15) is 72.6 Å². The number of carbonyl (C=O) groups excluding carboxylic acids is 2. The van der Waals surface area contributed by atoms with E-state index < -0.39 is 0 Å². The first-order valence-electron chi connectivity index (χ1n) is 11.2. The maximum atomic E-state index is 13.0. The molecule has 4 rings (SSSR count). The molecule has 0 aromatic carbocycles. The van der Waals surface area contributed by atoms with Gasteiger partial charge in [0.25, 0.3) is 0 Å². The van der Waals surface area contributed by atoms with Crippen molar-refractivity contribution in [3.05, 3.63) is 11.6 Å². The number of allylic oxidation sites excluding steroid dienone is 1. The Morgan fingerprint density at radius 2 is 1.96 bits per heavy atom. The Hall–Kier alpha value is -1.16. The predicted molar refractivity (Wildman–Crippen MR) is 107 cm³/mol. The Morgan fingerprint density at radius 1 is 1.21 bits per heavy atom. The average molecular weight is 389 g/mol. The summed E-state index contributed by atoms with van der Waals surface area (Å²) in [6, 6.07) is 0. The van der Waals surface area contributed by atoms with Crippen LogP contribution in [0.25, 0.3) is 0 Å². The van der Waals surface area contributed by atoms with Gasteiger partial charge in [0.05, 0.1) is 6.10 Å². The van der Waals surface area contributed by atoms with Crippen LogP contribution in [0, 0.1) is 40.4 Å². The van der Waals surface area contributed by atoms with Gasteiger partial charge < -0.3 is 9.84 Å². The van der Waals surface area contributed by atoms with E-state index >= 15 is 0 Å². The lowest BCUT2D eigenvalue weighted by Gasteiger charge is -2.57. The number of hydrogen-bond donors (Lipinski definition) is 1. The second-order valence-corrected chi connectivity index (χ2v) is 10.6. The lowest BCUT2D eigenvalue weighted by Crippen LogP contribution is -2.51. The molecule has 4 nitrogen and oxygen atoms in total. The van der Waals surface area contributed by atoms with Gasteiger partial charge in [-0.1, -0.05) is 32.4 Å². The summed E-state index contributed by atoms with van der Waals surface area (Å²) < 4.78 is 5.07. The number of esters is 1. The highest BCUT2D eigenvalue weighted by atomic mass is 16.5. The lowest BCUT2D eigenvalue weighted by atomic mass is 9.47. The second-order valence-electron chi connectivity index (χ2n) is 10.6. The molecule has 8 atom stereocenters. The van der Waals surface area contributed by atoms with Crippen LogP contribution < -0.4 is 0 Å². The van der Waals surface area contributed by atoms with Gasteiger partial charge >= 0.3 is 5.97 Å². The van der Waals surface area contributed by atoms with Crippen molar-refractivity contribution in [3.8, 4) is 0 Å². The lowest BCUT2D eigenvalue weighted by molar-refractivity contribution is -0.149. The highest BCUT2D eigenvalue weighted by molar-refractivity contribution is 5.85. The van der Waals surface area contributed by atoms with E-state index in [0.29, 0.717) is 23.7 Å². The van der Waals surface area contributed by atoms with Gasteiger partial charge in [-0.05, 0) is 79.4 Å². The summed E-state index contributed by atoms with van der Waals surface area (Å²) in [7, 11) is 0. The Balaban J connectivity index is 1.59. The van der Waals surface area contributed by atoms with Crippen LogP contribution in [0.2, 0.25) is 0 Å². The molecule has 0 aromatic heterocycles. The van der Waals surface area contributed by atoms with Crippen molar-refractivity contribution in [2.24, 2.45) is 40.4 Å². The van der Waals surface area contributed by atoms with Crippen molar-refractivity contribution in [1.82, 2.24) is 0 Å². The molecule has 3 saturated carbocycles. The summed E-state index contributed by atoms with van der Waals surface area (Å²) in [6.07, 6.45) is 9.59. The van der Waals surface area contributed by atoms with Crippen molar-refractivity contribution < 1.29 is 19.4 Å². The minimum atomic E-state index is -0.373. The third-order valence-corrected chi connectivity index (χ3v) is 9.19. The maximum absolute atomic E-state index is 13.0. The second kappa shape index (κ2) is 6.97. The van der Waals surface area contributed by atoms with Gasteiger partial charge in [-0.2, -0.15) is 0 Å². The molecule has 0 saturated heterocycles. The van der Waals surface area contributed by atoms with Crippen LogP contribution in [0.3, 0.4) is 0 Å². The summed E-state index contributed by atoms with van der Waals surface area (Å²) in [5.41, 5.74) is 1.74. The molecule has 0 spiro atoms. The van der Waals surface area contributed by atoms with Gasteiger partial charge in [-0.25, -0.2) is 0 Å². The molecule has 0 aliphatic heterocycles. The molecule has 0 amide bonds. The van der Waals surface area contributed by atoms with Crippen molar-refractivity contribution in [2.75, 3.05) is 6.61 Å². The van der Waals surface area contributed by atoms with E-state index in [1.165, 1.54) is 18.9 Å². The van der Waals surface area contributed by atoms with Crippen molar-refractivity contribution in [3.63, 3.8) is 0 Å². The quantitative estimate of drug-likeness (QED) is 0.578. The SMILES string of the molecule is CC(=O)OCC(=O)[C@H]1[C@H](C)C[C@H]2[C@@H]3CC=C4C[C@@H](O)CC[C@]4(C)[C@H]3CC[C@@]21C. The standard InChI is InChI=1S/C24H36O4/c1-14-11-20-18-6-5-16-12-17(26)7-9-23(16,3)19(18)8-10-24(20,4)22(14)21(27)13-28-15(2)25/h5,14,17-20,22,26H,6-13H2,1-4H3/t14-,17+,18-,19+,20+,22-,23+,24+/m1/s1. The summed E-state index contributed by atoms with van der Waals surface area (Å²) in [5.74, 6) is 1.97. The minimum absolute atomic E-state index is 0.00385. The van der Waals surface area contributed by atoms with Crippen LogP contribution in [0.15, 0.2) is 11.6 Å². The number of rotatable bonds is 3. The third kappa shape index (κ3) is 2.98. The molecule has 4 aliphatic rings. The Labute approximate surface area is 169 Å². The molecule has 0 heterocycles. The zero-order valence-electron chi connectivity index (χ0n) is 17.9. The van der Waals surface area contributed by atoms with E-state index in [9.17, 15) is 14.7 Å². The van der Waals surface area contributed by atoms with Gasteiger partial charge in [-0.3, -0.25) is 9.59 Å². The maximum Gasteiger partial charge on any atom is 0.303 e. The highest BCUT2D eigenvalue weighted by Gasteiger charge is 2.61. The molecular formula is C24H36O4. The topological polar surface area (TPSA) is 63.6 Å². The third-order valence-electron chi connectivity index (χ3n) is 9.19. The van der Waals surface area contributed by atoms with Crippen LogP contribution in [0.4, 0.5) is 0 Å². The van der Waals surface area contributed by atoms with Crippen molar-refractivity contribution in [2.45, 2.75) is 78.7 Å². The first kappa shape index (κ1) is 20.1. The molecule has 3 fully saturated rings. The summed E-state index contributed by atoms with van der Waals surface area (Å²) in [6.45, 7) is 8.29. The molecule has 0 bridgehead atoms. The number of Topliss-reactive ketones (excluding diaryl/α,β-unsaturated/α-hetero) is 1. The van der Waals surface area contributed by atoms with E-state index in [0.717, 1.165) is 38.5 Å². The number of hydrogen-bond acceptors (Lipinski definition) is 4. The van der Waals surface area contributed by atoms with E-state index in [2.05, 4.69) is 26.8 Å². The molecule has 4 heteroatoms. The van der Waals surface area contributed by atoms with Crippen LogP contribution in [-0.2, 0) is 14.3 Å². The van der Waals surface area contributed by atoms with Crippen molar-refractivity contribution in [1.29, 1.82) is 0 Å². The minimum Gasteiger partial charge on any atom is -0.458 e. The molecule has 4 aliphatic carbocycles.